The highest BCUT2D eigenvalue weighted by molar-refractivity contribution is 6.31. The number of fused-ring (bicyclic) bond motifs is 1. The lowest BCUT2D eigenvalue weighted by molar-refractivity contribution is -0.111. The maximum atomic E-state index is 13.5. The van der Waals surface area contributed by atoms with Gasteiger partial charge in [0.15, 0.2) is 0 Å². The first kappa shape index (κ1) is 27.8. The van der Waals surface area contributed by atoms with Gasteiger partial charge in [0.25, 0.3) is 5.56 Å². The van der Waals surface area contributed by atoms with E-state index >= 15 is 0 Å². The van der Waals surface area contributed by atoms with Crippen LogP contribution in [-0.4, -0.2) is 15.5 Å². The van der Waals surface area contributed by atoms with Gasteiger partial charge in [0.2, 0.25) is 5.91 Å². The molecule has 206 valence electrons. The molecule has 1 unspecified atom stereocenters. The highest BCUT2D eigenvalue weighted by Gasteiger charge is 2.17. The first-order valence-corrected chi connectivity index (χ1v) is 13.6. The van der Waals surface area contributed by atoms with Gasteiger partial charge in [-0.2, -0.15) is 0 Å². The van der Waals surface area contributed by atoms with Gasteiger partial charge in [-0.25, -0.2) is 4.98 Å². The molecule has 0 radical (unpaired) electrons. The topological polar surface area (TPSA) is 102 Å². The van der Waals surface area contributed by atoms with E-state index in [0.29, 0.717) is 46.2 Å². The average Bonchev–Trinajstić information content (AvgIpc) is 2.98. The van der Waals surface area contributed by atoms with E-state index in [2.05, 4.69) is 10.6 Å². The molecule has 1 heterocycles. The van der Waals surface area contributed by atoms with E-state index in [9.17, 15) is 9.59 Å². The van der Waals surface area contributed by atoms with Crippen LogP contribution in [0.3, 0.4) is 0 Å². The van der Waals surface area contributed by atoms with Crippen LogP contribution in [0.25, 0.3) is 17.0 Å². The number of nitrogen functional groups attached to an aromatic ring is 1. The SMILES string of the molecule is CC(NCc1ccc(C=CC(=O)Nc2ccccc2N)cc1)c1nc2cc(Cl)ccc2c(=O)n1Cc1ccccc1. The van der Waals surface area contributed by atoms with Crippen molar-refractivity contribution in [3.8, 4) is 0 Å². The quantitative estimate of drug-likeness (QED) is 0.147. The molecule has 4 N–H and O–H groups in total. The maximum absolute atomic E-state index is 13.5. The Bertz CT molecular complexity index is 1770. The molecule has 0 fully saturated rings. The Labute approximate surface area is 243 Å². The third-order valence-electron chi connectivity index (χ3n) is 6.76. The van der Waals surface area contributed by atoms with Gasteiger partial charge in [-0.3, -0.25) is 14.2 Å². The third kappa shape index (κ3) is 6.90. The highest BCUT2D eigenvalue weighted by atomic mass is 35.5. The van der Waals surface area contributed by atoms with Gasteiger partial charge in [0.1, 0.15) is 5.82 Å². The minimum atomic E-state index is -0.256. The predicted molar refractivity (Wildman–Crippen MR) is 167 cm³/mol. The second kappa shape index (κ2) is 12.6. The zero-order valence-electron chi connectivity index (χ0n) is 22.6. The molecule has 1 aromatic heterocycles. The minimum Gasteiger partial charge on any atom is -0.397 e. The molecule has 41 heavy (non-hydrogen) atoms. The highest BCUT2D eigenvalue weighted by Crippen LogP contribution is 2.20. The van der Waals surface area contributed by atoms with Crippen LogP contribution in [-0.2, 0) is 17.9 Å². The lowest BCUT2D eigenvalue weighted by Gasteiger charge is -2.20. The van der Waals surface area contributed by atoms with E-state index in [4.69, 9.17) is 22.3 Å². The number of halogens is 1. The number of carbonyl (C=O) groups is 1. The summed E-state index contributed by atoms with van der Waals surface area (Å²) in [4.78, 5) is 30.7. The number of aromatic nitrogens is 2. The predicted octanol–water partition coefficient (Wildman–Crippen LogP) is 6.18. The normalized spacial score (nSPS) is 12.0. The molecule has 0 aliphatic carbocycles. The summed E-state index contributed by atoms with van der Waals surface area (Å²) in [6.07, 6.45) is 3.23. The number of hydrogen-bond donors (Lipinski definition) is 3. The number of nitrogens with one attached hydrogen (secondary N) is 2. The standard InChI is InChI=1S/C33H30ClN5O2/c1-22(32-38-30-19-26(34)16-17-27(30)33(41)39(32)21-25-7-3-2-4-8-25)36-20-24-13-11-23(12-14-24)15-18-31(40)37-29-10-6-5-9-28(29)35/h2-19,22,36H,20-21,35H2,1H3,(H,37,40). The fourth-order valence-electron chi connectivity index (χ4n) is 4.53. The number of nitrogens with zero attached hydrogens (tertiary/aromatic N) is 2. The summed E-state index contributed by atoms with van der Waals surface area (Å²) in [6.45, 7) is 2.97. The molecule has 0 saturated carbocycles. The van der Waals surface area contributed by atoms with Gasteiger partial charge in [-0.1, -0.05) is 78.3 Å². The Morgan fingerprint density at radius 2 is 1.71 bits per heavy atom. The summed E-state index contributed by atoms with van der Waals surface area (Å²) in [6, 6.07) is 29.8. The van der Waals surface area contributed by atoms with Gasteiger partial charge >= 0.3 is 0 Å². The van der Waals surface area contributed by atoms with E-state index < -0.39 is 0 Å². The van der Waals surface area contributed by atoms with Gasteiger partial charge in [0.05, 0.1) is 34.9 Å². The van der Waals surface area contributed by atoms with Crippen molar-refractivity contribution in [2.24, 2.45) is 0 Å². The van der Waals surface area contributed by atoms with Crippen molar-refractivity contribution in [2.75, 3.05) is 11.1 Å². The van der Waals surface area contributed by atoms with E-state index in [-0.39, 0.29) is 17.5 Å². The molecule has 0 bridgehead atoms. The van der Waals surface area contributed by atoms with Gasteiger partial charge in [0, 0.05) is 17.6 Å². The summed E-state index contributed by atoms with van der Waals surface area (Å²) in [7, 11) is 0. The van der Waals surface area contributed by atoms with Crippen molar-refractivity contribution in [3.05, 3.63) is 141 Å². The van der Waals surface area contributed by atoms with Gasteiger partial charge in [-0.05, 0) is 60.0 Å². The Kier molecular flexibility index (Phi) is 8.58. The average molecular weight is 564 g/mol. The van der Waals surface area contributed by atoms with Crippen LogP contribution >= 0.6 is 11.6 Å². The molecule has 5 aromatic rings. The van der Waals surface area contributed by atoms with Crippen LogP contribution in [0.2, 0.25) is 5.02 Å². The monoisotopic (exact) mass is 563 g/mol. The van der Waals surface area contributed by atoms with Crippen LogP contribution in [0.15, 0.2) is 108 Å². The van der Waals surface area contributed by atoms with Crippen LogP contribution in [0, 0.1) is 0 Å². The molecule has 0 saturated heterocycles. The minimum absolute atomic E-state index is 0.103. The Morgan fingerprint density at radius 1 is 0.976 bits per heavy atom. The van der Waals surface area contributed by atoms with Crippen molar-refractivity contribution in [1.29, 1.82) is 0 Å². The van der Waals surface area contributed by atoms with Crippen LogP contribution in [0.5, 0.6) is 0 Å². The van der Waals surface area contributed by atoms with Crippen molar-refractivity contribution in [1.82, 2.24) is 14.9 Å². The van der Waals surface area contributed by atoms with E-state index in [1.54, 1.807) is 41.0 Å². The molecule has 7 nitrogen and oxygen atoms in total. The number of benzene rings is 4. The second-order valence-corrected chi connectivity index (χ2v) is 10.2. The molecule has 1 amide bonds. The number of amides is 1. The van der Waals surface area contributed by atoms with Crippen LogP contribution < -0.4 is 21.9 Å². The van der Waals surface area contributed by atoms with Gasteiger partial charge < -0.3 is 16.4 Å². The zero-order valence-corrected chi connectivity index (χ0v) is 23.3. The summed E-state index contributed by atoms with van der Waals surface area (Å²) in [5.41, 5.74) is 10.4. The van der Waals surface area contributed by atoms with Crippen LogP contribution in [0.1, 0.15) is 35.5 Å². The first-order valence-electron chi connectivity index (χ1n) is 13.3. The molecule has 4 aromatic carbocycles. The number of rotatable bonds is 9. The second-order valence-electron chi connectivity index (χ2n) is 9.76. The molecule has 0 aliphatic rings. The number of para-hydroxylation sites is 2. The number of anilines is 2. The summed E-state index contributed by atoms with van der Waals surface area (Å²) in [5.74, 6) is 0.381. The zero-order chi connectivity index (χ0) is 28.8. The summed E-state index contributed by atoms with van der Waals surface area (Å²) < 4.78 is 1.73. The summed E-state index contributed by atoms with van der Waals surface area (Å²) in [5, 5.41) is 7.35. The van der Waals surface area contributed by atoms with Crippen molar-refractivity contribution in [2.45, 2.75) is 26.1 Å². The summed E-state index contributed by atoms with van der Waals surface area (Å²) >= 11 is 6.21. The van der Waals surface area contributed by atoms with Gasteiger partial charge in [-0.15, -0.1) is 0 Å². The fraction of sp³-hybridized carbons (Fsp3) is 0.121. The molecule has 5 rings (SSSR count). The number of carbonyl (C=O) groups excluding carboxylic acids is 1. The van der Waals surface area contributed by atoms with Crippen molar-refractivity contribution >= 4 is 45.9 Å². The maximum Gasteiger partial charge on any atom is 0.261 e. The van der Waals surface area contributed by atoms with E-state index in [1.165, 1.54) is 6.08 Å². The molecular weight excluding hydrogens is 534 g/mol. The van der Waals surface area contributed by atoms with Crippen LogP contribution in [0.4, 0.5) is 11.4 Å². The fourth-order valence-corrected chi connectivity index (χ4v) is 4.69. The smallest absolute Gasteiger partial charge is 0.261 e. The molecule has 1 atom stereocenters. The largest absolute Gasteiger partial charge is 0.397 e. The van der Waals surface area contributed by atoms with Crippen molar-refractivity contribution in [3.63, 3.8) is 0 Å². The van der Waals surface area contributed by atoms with E-state index in [0.717, 1.165) is 16.7 Å². The molecule has 0 spiro atoms. The van der Waals surface area contributed by atoms with E-state index in [1.807, 2.05) is 73.7 Å². The molecule has 8 heteroatoms. The first-order chi connectivity index (χ1) is 19.9. The Balaban J connectivity index is 1.29. The number of hydrogen-bond acceptors (Lipinski definition) is 5. The Hall–Kier alpha value is -4.72. The lowest BCUT2D eigenvalue weighted by Crippen LogP contribution is -2.31. The third-order valence-corrected chi connectivity index (χ3v) is 6.99. The lowest BCUT2D eigenvalue weighted by atomic mass is 10.1. The molecule has 0 aliphatic heterocycles. The number of nitrogens with two attached hydrogens (primary N) is 1. The Morgan fingerprint density at radius 3 is 2.46 bits per heavy atom. The van der Waals surface area contributed by atoms with Crippen molar-refractivity contribution < 1.29 is 4.79 Å². The molecular formula is C33H30ClN5O2.